The molecule has 0 spiro atoms. The van der Waals surface area contributed by atoms with Crippen LogP contribution in [0.3, 0.4) is 0 Å². The van der Waals surface area contributed by atoms with E-state index in [1.165, 1.54) is 0 Å². The molecule has 0 rings (SSSR count). The van der Waals surface area contributed by atoms with Crippen molar-refractivity contribution in [1.29, 1.82) is 0 Å². The molecule has 0 aromatic heterocycles. The number of carbonyl (C=O) groups excluding carboxylic acids is 2. The maximum Gasteiger partial charge on any atom is 0.407 e. The molecular formula is C17H31NO4. The van der Waals surface area contributed by atoms with Crippen molar-refractivity contribution < 1.29 is 19.1 Å². The number of amides is 1. The number of rotatable bonds is 9. The van der Waals surface area contributed by atoms with Gasteiger partial charge in [-0.1, -0.05) is 40.7 Å². The predicted octanol–water partition coefficient (Wildman–Crippen LogP) is 3.68. The molecule has 1 N–H and O–H groups in total. The Bertz CT molecular complexity index is 358. The van der Waals surface area contributed by atoms with Crippen LogP contribution in [0.2, 0.25) is 0 Å². The van der Waals surface area contributed by atoms with Crippen LogP contribution >= 0.6 is 0 Å². The molecule has 0 heterocycles. The molecule has 0 bridgehead atoms. The van der Waals surface area contributed by atoms with Crippen LogP contribution in [0.15, 0.2) is 12.7 Å². The second-order valence-electron chi connectivity index (χ2n) is 7.06. The zero-order chi connectivity index (χ0) is 17.2. The number of ether oxygens (including phenoxy) is 2. The van der Waals surface area contributed by atoms with Gasteiger partial charge < -0.3 is 14.8 Å². The molecule has 0 saturated heterocycles. The van der Waals surface area contributed by atoms with Crippen molar-refractivity contribution in [3.63, 3.8) is 0 Å². The molecule has 0 fully saturated rings. The first-order valence-corrected chi connectivity index (χ1v) is 7.86. The summed E-state index contributed by atoms with van der Waals surface area (Å²) in [5, 5.41) is 2.53. The zero-order valence-corrected chi connectivity index (χ0v) is 14.6. The molecule has 0 aliphatic carbocycles. The Hall–Kier alpha value is -1.52. The van der Waals surface area contributed by atoms with Crippen LogP contribution in [0.25, 0.3) is 0 Å². The smallest absolute Gasteiger partial charge is 0.407 e. The Kier molecular flexibility index (Phi) is 9.54. The van der Waals surface area contributed by atoms with Crippen LogP contribution in [0, 0.1) is 11.3 Å². The molecule has 128 valence electrons. The number of nitrogens with one attached hydrogen (secondary N) is 1. The maximum atomic E-state index is 12.0. The van der Waals surface area contributed by atoms with Crippen LogP contribution in [0.5, 0.6) is 0 Å². The molecule has 0 saturated carbocycles. The van der Waals surface area contributed by atoms with E-state index >= 15 is 0 Å². The first kappa shape index (κ1) is 20.5. The number of carbonyl (C=O) groups is 2. The zero-order valence-electron chi connectivity index (χ0n) is 14.6. The standard InChI is InChI=1S/C17H31NO4/c1-7-9-14(15(19)21-11-8-10-13(2)3)18-16(20)22-12-17(4,5)6/h7,13-14H,1,8-12H2,2-6H3,(H,18,20). The average molecular weight is 313 g/mol. The fourth-order valence-electron chi connectivity index (χ4n) is 1.61. The van der Waals surface area contributed by atoms with Gasteiger partial charge in [-0.15, -0.1) is 6.58 Å². The summed E-state index contributed by atoms with van der Waals surface area (Å²) >= 11 is 0. The van der Waals surface area contributed by atoms with Crippen molar-refractivity contribution in [2.75, 3.05) is 13.2 Å². The third kappa shape index (κ3) is 11.2. The van der Waals surface area contributed by atoms with Crippen molar-refractivity contribution in [1.82, 2.24) is 5.32 Å². The van der Waals surface area contributed by atoms with Crippen molar-refractivity contribution >= 4 is 12.1 Å². The molecule has 1 amide bonds. The summed E-state index contributed by atoms with van der Waals surface area (Å²) < 4.78 is 10.3. The molecular weight excluding hydrogens is 282 g/mol. The van der Waals surface area contributed by atoms with Gasteiger partial charge in [0, 0.05) is 0 Å². The highest BCUT2D eigenvalue weighted by atomic mass is 16.6. The largest absolute Gasteiger partial charge is 0.464 e. The van der Waals surface area contributed by atoms with E-state index in [9.17, 15) is 9.59 Å². The second kappa shape index (κ2) is 10.2. The fourth-order valence-corrected chi connectivity index (χ4v) is 1.61. The maximum absolute atomic E-state index is 12.0. The lowest BCUT2D eigenvalue weighted by Gasteiger charge is -2.20. The van der Waals surface area contributed by atoms with Gasteiger partial charge in [0.1, 0.15) is 6.04 Å². The third-order valence-electron chi connectivity index (χ3n) is 2.79. The first-order chi connectivity index (χ1) is 10.2. The van der Waals surface area contributed by atoms with Crippen molar-refractivity contribution in [3.05, 3.63) is 12.7 Å². The summed E-state index contributed by atoms with van der Waals surface area (Å²) in [6.07, 6.45) is 3.09. The van der Waals surface area contributed by atoms with Crippen LogP contribution in [0.1, 0.15) is 53.9 Å². The van der Waals surface area contributed by atoms with Gasteiger partial charge in [0.15, 0.2) is 0 Å². The van der Waals surface area contributed by atoms with Gasteiger partial charge >= 0.3 is 12.1 Å². The van der Waals surface area contributed by atoms with E-state index in [0.717, 1.165) is 12.8 Å². The van der Waals surface area contributed by atoms with E-state index in [1.807, 2.05) is 20.8 Å². The minimum Gasteiger partial charge on any atom is -0.464 e. The molecule has 0 radical (unpaired) electrons. The highest BCUT2D eigenvalue weighted by Gasteiger charge is 2.22. The lowest BCUT2D eigenvalue weighted by atomic mass is 9.99. The number of hydrogen-bond donors (Lipinski definition) is 1. The number of esters is 1. The Balaban J connectivity index is 4.25. The lowest BCUT2D eigenvalue weighted by molar-refractivity contribution is -0.146. The minimum absolute atomic E-state index is 0.122. The summed E-state index contributed by atoms with van der Waals surface area (Å²) in [6.45, 7) is 14.4. The van der Waals surface area contributed by atoms with Gasteiger partial charge in [0.25, 0.3) is 0 Å². The number of hydrogen-bond acceptors (Lipinski definition) is 4. The minimum atomic E-state index is -0.746. The molecule has 0 aliphatic rings. The molecule has 1 atom stereocenters. The topological polar surface area (TPSA) is 64.6 Å². The van der Waals surface area contributed by atoms with E-state index in [2.05, 4.69) is 25.7 Å². The number of alkyl carbamates (subject to hydrolysis) is 1. The summed E-state index contributed by atoms with van der Waals surface area (Å²) in [5.41, 5.74) is -0.122. The lowest BCUT2D eigenvalue weighted by Crippen LogP contribution is -2.42. The second-order valence-corrected chi connectivity index (χ2v) is 7.06. The van der Waals surface area contributed by atoms with Crippen LogP contribution in [-0.2, 0) is 14.3 Å². The Morgan fingerprint density at radius 1 is 1.23 bits per heavy atom. The van der Waals surface area contributed by atoms with Gasteiger partial charge in [-0.25, -0.2) is 9.59 Å². The normalized spacial score (nSPS) is 12.6. The van der Waals surface area contributed by atoms with E-state index < -0.39 is 18.1 Å². The van der Waals surface area contributed by atoms with E-state index in [0.29, 0.717) is 18.9 Å². The van der Waals surface area contributed by atoms with Gasteiger partial charge in [-0.05, 0) is 30.6 Å². The van der Waals surface area contributed by atoms with E-state index in [1.54, 1.807) is 6.08 Å². The van der Waals surface area contributed by atoms with Gasteiger partial charge in [-0.3, -0.25) is 0 Å². The van der Waals surface area contributed by atoms with Gasteiger partial charge in [0.05, 0.1) is 13.2 Å². The van der Waals surface area contributed by atoms with Gasteiger partial charge in [-0.2, -0.15) is 0 Å². The van der Waals surface area contributed by atoms with Crippen molar-refractivity contribution in [2.45, 2.75) is 59.9 Å². The Morgan fingerprint density at radius 2 is 1.86 bits per heavy atom. The quantitative estimate of drug-likeness (QED) is 0.400. The van der Waals surface area contributed by atoms with Gasteiger partial charge in [0.2, 0.25) is 0 Å². The highest BCUT2D eigenvalue weighted by Crippen LogP contribution is 2.13. The molecule has 0 aromatic carbocycles. The molecule has 5 heteroatoms. The third-order valence-corrected chi connectivity index (χ3v) is 2.79. The highest BCUT2D eigenvalue weighted by molar-refractivity contribution is 5.81. The molecule has 0 aliphatic heterocycles. The first-order valence-electron chi connectivity index (χ1n) is 7.86. The molecule has 0 aromatic rings. The summed E-state index contributed by atoms with van der Waals surface area (Å²) in [4.78, 5) is 23.7. The van der Waals surface area contributed by atoms with Crippen molar-refractivity contribution in [2.24, 2.45) is 11.3 Å². The molecule has 22 heavy (non-hydrogen) atoms. The summed E-state index contributed by atoms with van der Waals surface area (Å²) in [6, 6.07) is -0.746. The van der Waals surface area contributed by atoms with Crippen LogP contribution < -0.4 is 5.32 Å². The van der Waals surface area contributed by atoms with E-state index in [-0.39, 0.29) is 12.0 Å². The van der Waals surface area contributed by atoms with Crippen LogP contribution in [-0.4, -0.2) is 31.3 Å². The summed E-state index contributed by atoms with van der Waals surface area (Å²) in [5.74, 6) is 0.129. The average Bonchev–Trinajstić information content (AvgIpc) is 2.39. The SMILES string of the molecule is C=CCC(NC(=O)OCC(C)(C)C)C(=O)OCCCC(C)C. The molecule has 1 unspecified atom stereocenters. The fraction of sp³-hybridized carbons (Fsp3) is 0.765. The predicted molar refractivity (Wildman–Crippen MR) is 87.6 cm³/mol. The monoisotopic (exact) mass is 313 g/mol. The molecule has 5 nitrogen and oxygen atoms in total. The summed E-state index contributed by atoms with van der Waals surface area (Å²) in [7, 11) is 0. The Morgan fingerprint density at radius 3 is 2.36 bits per heavy atom. The van der Waals surface area contributed by atoms with Crippen molar-refractivity contribution in [3.8, 4) is 0 Å². The van der Waals surface area contributed by atoms with Crippen LogP contribution in [0.4, 0.5) is 4.79 Å². The van der Waals surface area contributed by atoms with E-state index in [4.69, 9.17) is 9.47 Å². The Labute approximate surface area is 134 Å².